The normalized spacial score (nSPS) is 9.30. The third-order valence-electron chi connectivity index (χ3n) is 1.24. The Morgan fingerprint density at radius 3 is 2.70 bits per heavy atom. The summed E-state index contributed by atoms with van der Waals surface area (Å²) in [5, 5.41) is 0. The summed E-state index contributed by atoms with van der Waals surface area (Å²) in [5.74, 6) is 0. The van der Waals surface area contributed by atoms with E-state index in [-0.39, 0.29) is 1.43 Å². The molecule has 0 saturated heterocycles. The molecule has 3 nitrogen and oxygen atoms in total. The van der Waals surface area contributed by atoms with Gasteiger partial charge < -0.3 is 10.5 Å². The van der Waals surface area contributed by atoms with Crippen LogP contribution in [0.5, 0.6) is 0 Å². The van der Waals surface area contributed by atoms with Gasteiger partial charge in [0.1, 0.15) is 0 Å². The van der Waals surface area contributed by atoms with Gasteiger partial charge in [-0.1, -0.05) is 26.2 Å². The molecule has 0 rings (SSSR count). The molecule has 0 aliphatic heterocycles. The molecular formula is C7H17NO2. The van der Waals surface area contributed by atoms with Crippen molar-refractivity contribution in [3.8, 4) is 0 Å². The highest BCUT2D eigenvalue weighted by Crippen LogP contribution is 1.98. The number of nitrogens with two attached hydrogens (primary N) is 1. The standard InChI is InChI=1S/C7H15NO2.H2/c1-2-3-4-5-6-10-7(8)9;/h2-6H2,1H3,(H2,8,9);1H. The number of ether oxygens (including phenoxy) is 1. The van der Waals surface area contributed by atoms with Gasteiger partial charge in [-0.3, -0.25) is 0 Å². The number of hydrogen-bond acceptors (Lipinski definition) is 2. The highest BCUT2D eigenvalue weighted by Gasteiger charge is 1.91. The predicted molar refractivity (Wildman–Crippen MR) is 41.8 cm³/mol. The van der Waals surface area contributed by atoms with Crippen LogP contribution in [0.2, 0.25) is 0 Å². The lowest BCUT2D eigenvalue weighted by Gasteiger charge is -1.99. The summed E-state index contributed by atoms with van der Waals surface area (Å²) < 4.78 is 4.53. The lowest BCUT2D eigenvalue weighted by atomic mass is 10.2. The van der Waals surface area contributed by atoms with Crippen LogP contribution in [0.3, 0.4) is 0 Å². The van der Waals surface area contributed by atoms with Gasteiger partial charge in [0.2, 0.25) is 0 Å². The summed E-state index contributed by atoms with van der Waals surface area (Å²) in [6.45, 7) is 2.60. The van der Waals surface area contributed by atoms with Crippen molar-refractivity contribution in [3.63, 3.8) is 0 Å². The minimum atomic E-state index is -0.670. The number of unbranched alkanes of at least 4 members (excludes halogenated alkanes) is 3. The zero-order valence-corrected chi connectivity index (χ0v) is 6.43. The maximum atomic E-state index is 10.0. The SMILES string of the molecule is CCCCCCOC(N)=O.[HH]. The number of carbonyl (C=O) groups excluding carboxylic acids is 1. The third-order valence-corrected chi connectivity index (χ3v) is 1.24. The molecule has 0 atom stereocenters. The molecule has 0 radical (unpaired) electrons. The maximum absolute atomic E-state index is 10.0. The Balaban J connectivity index is 0. The molecule has 62 valence electrons. The van der Waals surface area contributed by atoms with Gasteiger partial charge in [-0.2, -0.15) is 0 Å². The van der Waals surface area contributed by atoms with E-state index in [1.54, 1.807) is 0 Å². The van der Waals surface area contributed by atoms with E-state index in [4.69, 9.17) is 5.73 Å². The lowest BCUT2D eigenvalue weighted by molar-refractivity contribution is 0.154. The van der Waals surface area contributed by atoms with Crippen LogP contribution >= 0.6 is 0 Å². The first-order valence-electron chi connectivity index (χ1n) is 3.69. The van der Waals surface area contributed by atoms with Crippen molar-refractivity contribution in [2.45, 2.75) is 32.6 Å². The average molecular weight is 147 g/mol. The van der Waals surface area contributed by atoms with Gasteiger partial charge in [-0.05, 0) is 6.42 Å². The molecule has 10 heavy (non-hydrogen) atoms. The molecule has 0 spiro atoms. The minimum Gasteiger partial charge on any atom is -0.450 e. The van der Waals surface area contributed by atoms with Crippen molar-refractivity contribution in [3.05, 3.63) is 0 Å². The molecule has 0 aliphatic rings. The van der Waals surface area contributed by atoms with Crippen LogP contribution in [0, 0.1) is 0 Å². The van der Waals surface area contributed by atoms with Crippen LogP contribution in [0.1, 0.15) is 34.0 Å². The minimum absolute atomic E-state index is 0. The van der Waals surface area contributed by atoms with E-state index in [9.17, 15) is 4.79 Å². The van der Waals surface area contributed by atoms with Crippen LogP contribution < -0.4 is 5.73 Å². The van der Waals surface area contributed by atoms with Crippen LogP contribution in [0.4, 0.5) is 4.79 Å². The van der Waals surface area contributed by atoms with Gasteiger partial charge >= 0.3 is 6.09 Å². The van der Waals surface area contributed by atoms with Gasteiger partial charge in [-0.15, -0.1) is 0 Å². The monoisotopic (exact) mass is 147 g/mol. The van der Waals surface area contributed by atoms with E-state index >= 15 is 0 Å². The molecule has 0 bridgehead atoms. The molecule has 1 amide bonds. The number of hydrogen-bond donors (Lipinski definition) is 1. The fraction of sp³-hybridized carbons (Fsp3) is 0.857. The van der Waals surface area contributed by atoms with Crippen molar-refractivity contribution in [1.82, 2.24) is 0 Å². The first-order valence-corrected chi connectivity index (χ1v) is 3.69. The first kappa shape index (κ1) is 9.27. The second-order valence-electron chi connectivity index (χ2n) is 2.23. The van der Waals surface area contributed by atoms with E-state index in [0.717, 1.165) is 12.8 Å². The fourth-order valence-corrected chi connectivity index (χ4v) is 0.702. The predicted octanol–water partition coefficient (Wildman–Crippen LogP) is 1.91. The number of carbonyl (C=O) groups is 1. The second-order valence-corrected chi connectivity index (χ2v) is 2.23. The van der Waals surface area contributed by atoms with E-state index in [1.807, 2.05) is 0 Å². The quantitative estimate of drug-likeness (QED) is 0.604. The molecule has 0 unspecified atom stereocenters. The zero-order valence-electron chi connectivity index (χ0n) is 6.43. The topological polar surface area (TPSA) is 52.3 Å². The summed E-state index contributed by atoms with van der Waals surface area (Å²) in [7, 11) is 0. The van der Waals surface area contributed by atoms with E-state index in [0.29, 0.717) is 6.61 Å². The van der Waals surface area contributed by atoms with Crippen molar-refractivity contribution in [1.29, 1.82) is 0 Å². The Labute approximate surface area is 63.0 Å². The Kier molecular flexibility index (Phi) is 5.92. The van der Waals surface area contributed by atoms with Crippen molar-refractivity contribution >= 4 is 6.09 Å². The van der Waals surface area contributed by atoms with Crippen LogP contribution in [0.25, 0.3) is 0 Å². The third kappa shape index (κ3) is 7.27. The smallest absolute Gasteiger partial charge is 0.404 e. The number of primary amides is 1. The highest BCUT2D eigenvalue weighted by atomic mass is 16.5. The fourth-order valence-electron chi connectivity index (χ4n) is 0.702. The Hall–Kier alpha value is -0.730. The largest absolute Gasteiger partial charge is 0.450 e. The zero-order chi connectivity index (χ0) is 7.82. The first-order chi connectivity index (χ1) is 4.77. The van der Waals surface area contributed by atoms with E-state index in [2.05, 4.69) is 11.7 Å². The molecule has 3 heteroatoms. The molecule has 2 N–H and O–H groups in total. The molecule has 0 fully saturated rings. The average Bonchev–Trinajstić information content (AvgIpc) is 1.87. The van der Waals surface area contributed by atoms with Crippen molar-refractivity contribution < 1.29 is 11.0 Å². The summed E-state index contributed by atoms with van der Waals surface area (Å²) >= 11 is 0. The van der Waals surface area contributed by atoms with Gasteiger partial charge in [-0.25, -0.2) is 4.79 Å². The van der Waals surface area contributed by atoms with Gasteiger partial charge in [0.25, 0.3) is 0 Å². The molecular weight excluding hydrogens is 130 g/mol. The van der Waals surface area contributed by atoms with E-state index < -0.39 is 6.09 Å². The summed E-state index contributed by atoms with van der Waals surface area (Å²) in [6.07, 6.45) is 3.76. The summed E-state index contributed by atoms with van der Waals surface area (Å²) in [4.78, 5) is 10.0. The number of amides is 1. The summed E-state index contributed by atoms with van der Waals surface area (Å²) in [5.41, 5.74) is 4.75. The highest BCUT2D eigenvalue weighted by molar-refractivity contribution is 5.64. The molecule has 0 aromatic heterocycles. The van der Waals surface area contributed by atoms with Crippen LogP contribution in [-0.2, 0) is 4.74 Å². The number of rotatable bonds is 5. The van der Waals surface area contributed by atoms with Crippen molar-refractivity contribution in [2.75, 3.05) is 6.61 Å². The molecule has 0 aromatic rings. The van der Waals surface area contributed by atoms with Crippen LogP contribution in [-0.4, -0.2) is 12.7 Å². The Morgan fingerprint density at radius 2 is 2.20 bits per heavy atom. The lowest BCUT2D eigenvalue weighted by Crippen LogP contribution is -2.13. The summed E-state index contributed by atoms with van der Waals surface area (Å²) in [6, 6.07) is 0. The van der Waals surface area contributed by atoms with Gasteiger partial charge in [0, 0.05) is 1.43 Å². The Morgan fingerprint density at radius 1 is 1.50 bits per heavy atom. The molecule has 0 saturated carbocycles. The van der Waals surface area contributed by atoms with Gasteiger partial charge in [0.15, 0.2) is 0 Å². The molecule has 0 aromatic carbocycles. The Bertz CT molecular complexity index is 98.4. The molecule has 0 heterocycles. The molecule has 0 aliphatic carbocycles. The van der Waals surface area contributed by atoms with Crippen molar-refractivity contribution in [2.24, 2.45) is 5.73 Å². The van der Waals surface area contributed by atoms with Crippen LogP contribution in [0.15, 0.2) is 0 Å². The van der Waals surface area contributed by atoms with E-state index in [1.165, 1.54) is 12.8 Å². The maximum Gasteiger partial charge on any atom is 0.404 e. The van der Waals surface area contributed by atoms with Gasteiger partial charge in [0.05, 0.1) is 6.61 Å². The second kappa shape index (κ2) is 6.39.